The number of allylic oxidation sites excluding steroid dienone is 22. The Kier molecular flexibility index (Phi) is 56.4. The second-order valence-corrected chi connectivity index (χ2v) is 19.3. The molecule has 412 valence electrons. The van der Waals surface area contributed by atoms with Crippen molar-refractivity contribution in [1.82, 2.24) is 0 Å². The lowest BCUT2D eigenvalue weighted by Gasteiger charge is -2.18. The van der Waals surface area contributed by atoms with Crippen molar-refractivity contribution in [2.75, 3.05) is 13.2 Å². The largest absolute Gasteiger partial charge is 0.462 e. The number of carbonyl (C=O) groups excluding carboxylic acids is 3. The van der Waals surface area contributed by atoms with Crippen LogP contribution in [0.3, 0.4) is 0 Å². The predicted molar refractivity (Wildman–Crippen MR) is 316 cm³/mol. The quantitative estimate of drug-likeness (QED) is 0.0199. The summed E-state index contributed by atoms with van der Waals surface area (Å²) in [6.07, 6.45) is 84.3. The Labute approximate surface area is 449 Å². The molecule has 0 fully saturated rings. The van der Waals surface area contributed by atoms with Crippen molar-refractivity contribution in [2.24, 2.45) is 0 Å². The zero-order valence-electron chi connectivity index (χ0n) is 47.1. The van der Waals surface area contributed by atoms with Gasteiger partial charge in [0.25, 0.3) is 0 Å². The van der Waals surface area contributed by atoms with Gasteiger partial charge in [-0.25, -0.2) is 0 Å². The summed E-state index contributed by atoms with van der Waals surface area (Å²) in [5, 5.41) is 0. The molecule has 0 aromatic heterocycles. The minimum absolute atomic E-state index is 0.112. The molecule has 1 atom stereocenters. The molecule has 0 spiro atoms. The first-order valence-corrected chi connectivity index (χ1v) is 29.8. The topological polar surface area (TPSA) is 78.9 Å². The summed E-state index contributed by atoms with van der Waals surface area (Å²) >= 11 is 0. The van der Waals surface area contributed by atoms with Crippen molar-refractivity contribution in [3.05, 3.63) is 134 Å². The number of hydrogen-bond donors (Lipinski definition) is 0. The van der Waals surface area contributed by atoms with Crippen LogP contribution < -0.4 is 0 Å². The summed E-state index contributed by atoms with van der Waals surface area (Å²) in [5.41, 5.74) is 0. The van der Waals surface area contributed by atoms with E-state index in [0.717, 1.165) is 148 Å². The minimum atomic E-state index is -0.818. The van der Waals surface area contributed by atoms with E-state index < -0.39 is 6.10 Å². The molecule has 0 rings (SSSR count). The van der Waals surface area contributed by atoms with Gasteiger partial charge in [-0.3, -0.25) is 14.4 Å². The lowest BCUT2D eigenvalue weighted by Crippen LogP contribution is -2.30. The van der Waals surface area contributed by atoms with E-state index in [1.54, 1.807) is 0 Å². The molecule has 73 heavy (non-hydrogen) atoms. The standard InChI is InChI=1S/C67H108O6/c1-4-7-10-13-16-19-22-25-28-31-34-37-39-42-45-48-51-54-57-60-66(69)72-63-64(73-67(70)61-58-55-52-49-46-43-40-36-33-30-27-24-21-18-15-12-9-6-3)62-71-65(68)59-56-53-50-47-44-41-38-35-32-29-26-23-20-17-14-11-8-5-2/h7,10,16,19,23-30,32-38,40,42,45,64H,4-6,8-9,11-15,17-18,20-22,31,39,41,43-44,46-63H2,1-3H3/b10-7-,19-16-,26-23-,27-24-,28-25-,32-29-,33-30-,37-34-,38-35-,40-36-,45-42-. The van der Waals surface area contributed by atoms with E-state index in [2.05, 4.69) is 154 Å². The van der Waals surface area contributed by atoms with Gasteiger partial charge in [0.05, 0.1) is 0 Å². The van der Waals surface area contributed by atoms with Crippen molar-refractivity contribution >= 4 is 17.9 Å². The fourth-order valence-electron chi connectivity index (χ4n) is 7.76. The van der Waals surface area contributed by atoms with Gasteiger partial charge in [0, 0.05) is 19.3 Å². The second-order valence-electron chi connectivity index (χ2n) is 19.3. The lowest BCUT2D eigenvalue weighted by atomic mass is 10.1. The highest BCUT2D eigenvalue weighted by Gasteiger charge is 2.19. The smallest absolute Gasteiger partial charge is 0.306 e. The Balaban J connectivity index is 4.56. The van der Waals surface area contributed by atoms with Crippen molar-refractivity contribution in [3.63, 3.8) is 0 Å². The van der Waals surface area contributed by atoms with E-state index in [9.17, 15) is 14.4 Å². The van der Waals surface area contributed by atoms with Crippen LogP contribution in [0.5, 0.6) is 0 Å². The van der Waals surface area contributed by atoms with Crippen LogP contribution in [0.1, 0.15) is 252 Å². The van der Waals surface area contributed by atoms with Gasteiger partial charge >= 0.3 is 17.9 Å². The molecule has 0 radical (unpaired) electrons. The van der Waals surface area contributed by atoms with Crippen LogP contribution in [0.4, 0.5) is 0 Å². The maximum atomic E-state index is 12.9. The number of esters is 3. The molecule has 0 aliphatic heterocycles. The first-order valence-electron chi connectivity index (χ1n) is 29.8. The van der Waals surface area contributed by atoms with E-state index in [1.165, 1.54) is 64.2 Å². The van der Waals surface area contributed by atoms with Crippen LogP contribution in [0.15, 0.2) is 134 Å². The third kappa shape index (κ3) is 58.3. The van der Waals surface area contributed by atoms with E-state index in [1.807, 2.05) is 0 Å². The van der Waals surface area contributed by atoms with Crippen LogP contribution >= 0.6 is 0 Å². The van der Waals surface area contributed by atoms with Crippen molar-refractivity contribution in [2.45, 2.75) is 258 Å². The summed E-state index contributed by atoms with van der Waals surface area (Å²) < 4.78 is 16.8. The molecule has 0 bridgehead atoms. The fraction of sp³-hybridized carbons (Fsp3) is 0.627. The summed E-state index contributed by atoms with van der Waals surface area (Å²) in [4.78, 5) is 38.2. The normalized spacial score (nSPS) is 13.1. The molecule has 0 aromatic carbocycles. The monoisotopic (exact) mass is 1010 g/mol. The zero-order valence-corrected chi connectivity index (χ0v) is 47.1. The molecule has 0 N–H and O–H groups in total. The van der Waals surface area contributed by atoms with Crippen molar-refractivity contribution in [1.29, 1.82) is 0 Å². The van der Waals surface area contributed by atoms with Crippen molar-refractivity contribution < 1.29 is 28.6 Å². The molecular formula is C67H108O6. The van der Waals surface area contributed by atoms with Crippen LogP contribution in [0, 0.1) is 0 Å². The Morgan fingerprint density at radius 1 is 0.301 bits per heavy atom. The van der Waals surface area contributed by atoms with Gasteiger partial charge in [-0.15, -0.1) is 0 Å². The molecular weight excluding hydrogens is 901 g/mol. The highest BCUT2D eigenvalue weighted by Crippen LogP contribution is 2.13. The Morgan fingerprint density at radius 2 is 0.589 bits per heavy atom. The summed E-state index contributed by atoms with van der Waals surface area (Å²) in [5.74, 6) is -0.985. The van der Waals surface area contributed by atoms with Gasteiger partial charge in [0.2, 0.25) is 0 Å². The molecule has 0 aromatic rings. The molecule has 0 saturated heterocycles. The Morgan fingerprint density at radius 3 is 0.959 bits per heavy atom. The predicted octanol–water partition coefficient (Wildman–Crippen LogP) is 20.2. The number of unbranched alkanes of at least 4 members (excludes halogenated alkanes) is 23. The average molecular weight is 1010 g/mol. The molecule has 0 aliphatic rings. The number of ether oxygens (including phenoxy) is 3. The molecule has 1 unspecified atom stereocenters. The summed E-state index contributed by atoms with van der Waals surface area (Å²) in [7, 11) is 0. The number of hydrogen-bond acceptors (Lipinski definition) is 6. The fourth-order valence-corrected chi connectivity index (χ4v) is 7.76. The van der Waals surface area contributed by atoms with Crippen LogP contribution in [0.25, 0.3) is 0 Å². The SMILES string of the molecule is CC/C=C\C/C=C\C/C=C\C/C=C\C/C=C\CCCCCC(=O)OCC(COC(=O)CCCCCCC\C=C/C=C\C=C/CCCCCCC)OC(=O)CCCCCCC\C=C/C=C\C=C/CCCCCCC. The van der Waals surface area contributed by atoms with Gasteiger partial charge in [-0.1, -0.05) is 251 Å². The van der Waals surface area contributed by atoms with Crippen molar-refractivity contribution in [3.8, 4) is 0 Å². The average Bonchev–Trinajstić information content (AvgIpc) is 3.39. The summed E-state index contributed by atoms with van der Waals surface area (Å²) in [6.45, 7) is 6.43. The second kappa shape index (κ2) is 60.1. The van der Waals surface area contributed by atoms with Crippen LogP contribution in [-0.2, 0) is 28.6 Å². The maximum Gasteiger partial charge on any atom is 0.306 e. The molecule has 0 heterocycles. The third-order valence-corrected chi connectivity index (χ3v) is 12.2. The number of rotatable bonds is 52. The third-order valence-electron chi connectivity index (χ3n) is 12.2. The van der Waals surface area contributed by atoms with E-state index >= 15 is 0 Å². The van der Waals surface area contributed by atoms with Gasteiger partial charge in [0.15, 0.2) is 6.10 Å². The first-order chi connectivity index (χ1) is 36.0. The zero-order chi connectivity index (χ0) is 52.9. The number of carbonyl (C=O) groups is 3. The van der Waals surface area contributed by atoms with Crippen LogP contribution in [0.2, 0.25) is 0 Å². The summed E-state index contributed by atoms with van der Waals surface area (Å²) in [6, 6.07) is 0. The maximum absolute atomic E-state index is 12.9. The highest BCUT2D eigenvalue weighted by molar-refractivity contribution is 5.71. The Hall–Kier alpha value is -4.45. The molecule has 0 aliphatic carbocycles. The van der Waals surface area contributed by atoms with Gasteiger partial charge < -0.3 is 14.2 Å². The van der Waals surface area contributed by atoms with E-state index in [0.29, 0.717) is 12.8 Å². The van der Waals surface area contributed by atoms with Crippen LogP contribution in [-0.4, -0.2) is 37.2 Å². The molecule has 6 nitrogen and oxygen atoms in total. The van der Waals surface area contributed by atoms with Gasteiger partial charge in [0.1, 0.15) is 13.2 Å². The molecule has 0 saturated carbocycles. The molecule has 6 heteroatoms. The Bertz CT molecular complexity index is 1580. The minimum Gasteiger partial charge on any atom is -0.462 e. The first kappa shape index (κ1) is 68.6. The van der Waals surface area contributed by atoms with Gasteiger partial charge in [-0.2, -0.15) is 0 Å². The molecule has 0 amide bonds. The van der Waals surface area contributed by atoms with Gasteiger partial charge in [-0.05, 0) is 116 Å². The lowest BCUT2D eigenvalue weighted by molar-refractivity contribution is -0.167. The van der Waals surface area contributed by atoms with E-state index in [4.69, 9.17) is 14.2 Å². The highest BCUT2D eigenvalue weighted by atomic mass is 16.6. The van der Waals surface area contributed by atoms with E-state index in [-0.39, 0.29) is 37.5 Å².